The fraction of sp³-hybridized carbons (Fsp3) is 0.500. The quantitative estimate of drug-likeness (QED) is 0.832. The number of carbonyl (C=O) groups is 1. The molecule has 0 unspecified atom stereocenters. The number of rotatable bonds is 5. The zero-order chi connectivity index (χ0) is 17.8. The molecular formula is C18H23FN4O2. The number of halogens is 1. The summed E-state index contributed by atoms with van der Waals surface area (Å²) in [6, 6.07) is 6.24. The monoisotopic (exact) mass is 346 g/mol. The summed E-state index contributed by atoms with van der Waals surface area (Å²) in [4.78, 5) is 20.5. The fourth-order valence-corrected chi connectivity index (χ4v) is 3.08. The van der Waals surface area contributed by atoms with Crippen molar-refractivity contribution in [3.05, 3.63) is 47.4 Å². The molecule has 1 fully saturated rings. The van der Waals surface area contributed by atoms with E-state index in [-0.39, 0.29) is 17.6 Å². The van der Waals surface area contributed by atoms with Gasteiger partial charge in [-0.25, -0.2) is 4.39 Å². The van der Waals surface area contributed by atoms with Crippen LogP contribution in [0.1, 0.15) is 36.0 Å². The third-order valence-electron chi connectivity index (χ3n) is 4.60. The standard InChI is InChI=1S/C18H23FN4O2/c1-13-20-18(25-21-13)15-7-9-23(10-8-15)12-17(24)22(2)11-14-3-5-16(19)6-4-14/h3-6,15H,7-12H2,1-2H3. The molecule has 1 aromatic carbocycles. The van der Waals surface area contributed by atoms with E-state index in [1.807, 2.05) is 6.92 Å². The molecule has 1 aromatic heterocycles. The zero-order valence-corrected chi connectivity index (χ0v) is 14.6. The molecule has 1 aliphatic heterocycles. The lowest BCUT2D eigenvalue weighted by Gasteiger charge is -2.31. The van der Waals surface area contributed by atoms with E-state index in [9.17, 15) is 9.18 Å². The number of likely N-dealkylation sites (tertiary alicyclic amines) is 1. The molecule has 2 aromatic rings. The highest BCUT2D eigenvalue weighted by Crippen LogP contribution is 2.26. The van der Waals surface area contributed by atoms with E-state index in [1.54, 1.807) is 24.1 Å². The number of piperidine rings is 1. The Bertz CT molecular complexity index is 708. The molecule has 1 saturated heterocycles. The Kier molecular flexibility index (Phi) is 5.43. The zero-order valence-electron chi connectivity index (χ0n) is 14.6. The van der Waals surface area contributed by atoms with Crippen molar-refractivity contribution in [1.82, 2.24) is 19.9 Å². The van der Waals surface area contributed by atoms with Crippen molar-refractivity contribution in [3.8, 4) is 0 Å². The van der Waals surface area contributed by atoms with Crippen LogP contribution in [0.4, 0.5) is 4.39 Å². The molecule has 2 heterocycles. The highest BCUT2D eigenvalue weighted by Gasteiger charge is 2.26. The number of nitrogens with zero attached hydrogens (tertiary/aromatic N) is 4. The maximum atomic E-state index is 12.9. The third kappa shape index (κ3) is 4.63. The van der Waals surface area contributed by atoms with Crippen LogP contribution in [-0.2, 0) is 11.3 Å². The number of aromatic nitrogens is 2. The van der Waals surface area contributed by atoms with Crippen molar-refractivity contribution in [1.29, 1.82) is 0 Å². The van der Waals surface area contributed by atoms with E-state index < -0.39 is 0 Å². The molecule has 7 heteroatoms. The molecule has 25 heavy (non-hydrogen) atoms. The van der Waals surface area contributed by atoms with Gasteiger partial charge in [-0.1, -0.05) is 17.3 Å². The predicted molar refractivity (Wildman–Crippen MR) is 90.3 cm³/mol. The highest BCUT2D eigenvalue weighted by molar-refractivity contribution is 5.78. The summed E-state index contributed by atoms with van der Waals surface area (Å²) < 4.78 is 18.2. The number of likely N-dealkylation sites (N-methyl/N-ethyl adjacent to an activating group) is 1. The molecule has 0 spiro atoms. The second-order valence-corrected chi connectivity index (χ2v) is 6.61. The minimum absolute atomic E-state index is 0.0661. The number of aryl methyl sites for hydroxylation is 1. The van der Waals surface area contributed by atoms with Gasteiger partial charge in [0.1, 0.15) is 5.82 Å². The van der Waals surface area contributed by atoms with Crippen LogP contribution in [-0.4, -0.2) is 52.5 Å². The lowest BCUT2D eigenvalue weighted by Crippen LogP contribution is -2.41. The first-order valence-corrected chi connectivity index (χ1v) is 8.52. The van der Waals surface area contributed by atoms with Crippen LogP contribution in [0.15, 0.2) is 28.8 Å². The average molecular weight is 346 g/mol. The second kappa shape index (κ2) is 7.74. The SMILES string of the molecule is Cc1noc(C2CCN(CC(=O)N(C)Cc3ccc(F)cc3)CC2)n1. The average Bonchev–Trinajstić information content (AvgIpc) is 3.04. The van der Waals surface area contributed by atoms with Crippen LogP contribution >= 0.6 is 0 Å². The van der Waals surface area contributed by atoms with Gasteiger partial charge in [-0.3, -0.25) is 9.69 Å². The Morgan fingerprint density at radius 2 is 2.00 bits per heavy atom. The Hall–Kier alpha value is -2.28. The maximum absolute atomic E-state index is 12.9. The van der Waals surface area contributed by atoms with Crippen molar-refractivity contribution in [3.63, 3.8) is 0 Å². The van der Waals surface area contributed by atoms with E-state index >= 15 is 0 Å². The van der Waals surface area contributed by atoms with Crippen LogP contribution in [0.5, 0.6) is 0 Å². The van der Waals surface area contributed by atoms with Gasteiger partial charge in [-0.15, -0.1) is 0 Å². The first-order chi connectivity index (χ1) is 12.0. The van der Waals surface area contributed by atoms with Gasteiger partial charge >= 0.3 is 0 Å². The summed E-state index contributed by atoms with van der Waals surface area (Å²) in [5.41, 5.74) is 0.919. The number of amides is 1. The van der Waals surface area contributed by atoms with E-state index in [2.05, 4.69) is 15.0 Å². The van der Waals surface area contributed by atoms with Crippen LogP contribution in [0.3, 0.4) is 0 Å². The van der Waals surface area contributed by atoms with Crippen molar-refractivity contribution >= 4 is 5.91 Å². The molecule has 6 nitrogen and oxygen atoms in total. The highest BCUT2D eigenvalue weighted by atomic mass is 19.1. The summed E-state index contributed by atoms with van der Waals surface area (Å²) in [5.74, 6) is 1.45. The summed E-state index contributed by atoms with van der Waals surface area (Å²) in [6.45, 7) is 4.37. The van der Waals surface area contributed by atoms with Crippen molar-refractivity contribution < 1.29 is 13.7 Å². The largest absolute Gasteiger partial charge is 0.340 e. The van der Waals surface area contributed by atoms with Gasteiger partial charge in [0.2, 0.25) is 11.8 Å². The Morgan fingerprint density at radius 1 is 1.32 bits per heavy atom. The van der Waals surface area contributed by atoms with Gasteiger partial charge in [0, 0.05) is 19.5 Å². The lowest BCUT2D eigenvalue weighted by molar-refractivity contribution is -0.131. The third-order valence-corrected chi connectivity index (χ3v) is 4.60. The number of hydrogen-bond acceptors (Lipinski definition) is 5. The lowest BCUT2D eigenvalue weighted by atomic mass is 9.97. The van der Waals surface area contributed by atoms with Crippen LogP contribution < -0.4 is 0 Å². The van der Waals surface area contributed by atoms with Crippen molar-refractivity contribution in [2.45, 2.75) is 32.2 Å². The molecule has 0 radical (unpaired) electrons. The Labute approximate surface area is 146 Å². The molecule has 0 atom stereocenters. The summed E-state index contributed by atoms with van der Waals surface area (Å²) in [6.07, 6.45) is 1.83. The van der Waals surface area contributed by atoms with Gasteiger partial charge in [0.15, 0.2) is 5.82 Å². The molecule has 0 bridgehead atoms. The van der Waals surface area contributed by atoms with Gasteiger partial charge in [0.25, 0.3) is 0 Å². The summed E-state index contributed by atoms with van der Waals surface area (Å²) in [7, 11) is 1.78. The van der Waals surface area contributed by atoms with Crippen LogP contribution in [0.2, 0.25) is 0 Å². The summed E-state index contributed by atoms with van der Waals surface area (Å²) in [5, 5.41) is 3.84. The normalized spacial score (nSPS) is 16.1. The van der Waals surface area contributed by atoms with E-state index in [4.69, 9.17) is 4.52 Å². The Morgan fingerprint density at radius 3 is 2.60 bits per heavy atom. The van der Waals surface area contributed by atoms with Gasteiger partial charge in [0.05, 0.1) is 6.54 Å². The van der Waals surface area contributed by atoms with Crippen molar-refractivity contribution in [2.75, 3.05) is 26.7 Å². The fourth-order valence-electron chi connectivity index (χ4n) is 3.08. The second-order valence-electron chi connectivity index (χ2n) is 6.61. The van der Waals surface area contributed by atoms with Gasteiger partial charge in [-0.2, -0.15) is 4.98 Å². The smallest absolute Gasteiger partial charge is 0.236 e. The predicted octanol–water partition coefficient (Wildman–Crippen LogP) is 2.36. The number of hydrogen-bond donors (Lipinski definition) is 0. The molecule has 1 amide bonds. The molecule has 134 valence electrons. The first-order valence-electron chi connectivity index (χ1n) is 8.52. The van der Waals surface area contributed by atoms with Crippen molar-refractivity contribution in [2.24, 2.45) is 0 Å². The minimum Gasteiger partial charge on any atom is -0.340 e. The molecule has 0 N–H and O–H groups in total. The Balaban J connectivity index is 1.46. The molecular weight excluding hydrogens is 323 g/mol. The van der Waals surface area contributed by atoms with Crippen LogP contribution in [0.25, 0.3) is 0 Å². The molecule has 0 aliphatic carbocycles. The minimum atomic E-state index is -0.267. The van der Waals surface area contributed by atoms with Gasteiger partial charge in [-0.05, 0) is 50.6 Å². The maximum Gasteiger partial charge on any atom is 0.236 e. The topological polar surface area (TPSA) is 62.5 Å². The summed E-state index contributed by atoms with van der Waals surface area (Å²) >= 11 is 0. The molecule has 0 saturated carbocycles. The van der Waals surface area contributed by atoms with E-state index in [0.717, 1.165) is 31.5 Å². The first kappa shape index (κ1) is 17.5. The molecule has 1 aliphatic rings. The van der Waals surface area contributed by atoms with Gasteiger partial charge < -0.3 is 9.42 Å². The number of benzene rings is 1. The van der Waals surface area contributed by atoms with E-state index in [1.165, 1.54) is 12.1 Å². The van der Waals surface area contributed by atoms with Crippen LogP contribution in [0, 0.1) is 12.7 Å². The molecule has 3 rings (SSSR count). The van der Waals surface area contributed by atoms with E-state index in [0.29, 0.717) is 24.8 Å². The number of carbonyl (C=O) groups excluding carboxylic acids is 1.